The Bertz CT molecular complexity index is 1530. The number of nitrogen functional groups attached to an aromatic ring is 1. The Labute approximate surface area is 202 Å². The van der Waals surface area contributed by atoms with Gasteiger partial charge in [-0.1, -0.05) is 42.5 Å². The van der Waals surface area contributed by atoms with Crippen LogP contribution in [0, 0.1) is 0 Å². The van der Waals surface area contributed by atoms with Gasteiger partial charge in [0.05, 0.1) is 25.3 Å². The number of aryl methyl sites for hydroxylation is 2. The largest absolute Gasteiger partial charge is 0.493 e. The molecule has 8 heteroatoms. The third-order valence-electron chi connectivity index (χ3n) is 5.93. The third-order valence-corrected chi connectivity index (χ3v) is 5.93. The molecule has 2 aromatic heterocycles. The number of carbonyl (C=O) groups is 1. The lowest BCUT2D eigenvalue weighted by molar-refractivity contribution is 0.102. The molecule has 0 saturated heterocycles. The molecule has 3 N–H and O–H groups in total. The van der Waals surface area contributed by atoms with E-state index in [-0.39, 0.29) is 5.91 Å². The molecular formula is C27H25N5O3. The molecule has 0 saturated carbocycles. The molecule has 0 bridgehead atoms. The summed E-state index contributed by atoms with van der Waals surface area (Å²) in [5.41, 5.74) is 11.1. The molecule has 0 spiro atoms. The van der Waals surface area contributed by atoms with E-state index in [1.165, 1.54) is 5.56 Å². The number of hydrogen-bond donors (Lipinski definition) is 2. The molecule has 176 valence electrons. The first-order chi connectivity index (χ1) is 17.1. The van der Waals surface area contributed by atoms with Crippen molar-refractivity contribution in [2.24, 2.45) is 0 Å². The number of benzene rings is 3. The summed E-state index contributed by atoms with van der Waals surface area (Å²) in [5.74, 6) is 1.03. The van der Waals surface area contributed by atoms with Gasteiger partial charge in [-0.25, -0.2) is 9.97 Å². The van der Waals surface area contributed by atoms with E-state index in [0.717, 1.165) is 11.9 Å². The van der Waals surface area contributed by atoms with Crippen molar-refractivity contribution < 1.29 is 14.3 Å². The van der Waals surface area contributed by atoms with Crippen molar-refractivity contribution in [1.29, 1.82) is 0 Å². The molecule has 0 radical (unpaired) electrons. The maximum absolute atomic E-state index is 13.5. The Morgan fingerprint density at radius 3 is 2.31 bits per heavy atom. The summed E-state index contributed by atoms with van der Waals surface area (Å²) in [6.45, 7) is 0.559. The molecule has 35 heavy (non-hydrogen) atoms. The first-order valence-corrected chi connectivity index (χ1v) is 11.2. The van der Waals surface area contributed by atoms with Gasteiger partial charge in [-0.15, -0.1) is 0 Å². The Morgan fingerprint density at radius 1 is 0.914 bits per heavy atom. The summed E-state index contributed by atoms with van der Waals surface area (Å²) < 4.78 is 12.5. The number of methoxy groups -OCH3 is 2. The molecule has 8 nitrogen and oxygen atoms in total. The molecule has 5 aromatic rings. The monoisotopic (exact) mass is 467 g/mol. The molecule has 1 amide bonds. The number of ether oxygens (including phenoxy) is 2. The fourth-order valence-electron chi connectivity index (χ4n) is 4.16. The summed E-state index contributed by atoms with van der Waals surface area (Å²) in [7, 11) is 3.10. The number of hydrogen-bond acceptors (Lipinski definition) is 6. The van der Waals surface area contributed by atoms with E-state index >= 15 is 0 Å². The normalized spacial score (nSPS) is 11.0. The average molecular weight is 468 g/mol. The molecule has 5 rings (SSSR count). The highest BCUT2D eigenvalue weighted by atomic mass is 16.5. The van der Waals surface area contributed by atoms with E-state index < -0.39 is 0 Å². The third kappa shape index (κ3) is 4.21. The van der Waals surface area contributed by atoms with Crippen LogP contribution in [0.2, 0.25) is 0 Å². The second-order valence-electron chi connectivity index (χ2n) is 8.06. The minimum absolute atomic E-state index is 0.293. The number of para-hydroxylation sites is 2. The van der Waals surface area contributed by atoms with Gasteiger partial charge >= 0.3 is 0 Å². The maximum Gasteiger partial charge on any atom is 0.261 e. The quantitative estimate of drug-likeness (QED) is 0.360. The van der Waals surface area contributed by atoms with Crippen LogP contribution in [0.15, 0.2) is 72.8 Å². The number of anilines is 2. The highest BCUT2D eigenvalue weighted by Gasteiger charge is 2.24. The van der Waals surface area contributed by atoms with E-state index in [1.807, 2.05) is 47.0 Å². The van der Waals surface area contributed by atoms with Gasteiger partial charge in [0, 0.05) is 18.3 Å². The van der Waals surface area contributed by atoms with Crippen molar-refractivity contribution in [1.82, 2.24) is 14.5 Å². The van der Waals surface area contributed by atoms with Crippen LogP contribution in [-0.4, -0.2) is 34.7 Å². The van der Waals surface area contributed by atoms with E-state index in [2.05, 4.69) is 17.4 Å². The van der Waals surface area contributed by atoms with Gasteiger partial charge in [-0.2, -0.15) is 0 Å². The lowest BCUT2D eigenvalue weighted by Crippen LogP contribution is -2.15. The standard InChI is InChI=1S/C27H25N5O3/c1-34-21-13-12-18(16-22(21)35-2)29-27(33)23-24-26(31-20-11-7-6-10-19(20)30-24)32(25(23)28)15-14-17-8-4-3-5-9-17/h3-13,16H,14-15,28H2,1-2H3,(H,29,33). The number of fused-ring (bicyclic) bond motifs is 2. The number of nitrogens with zero attached hydrogens (tertiary/aromatic N) is 3. The SMILES string of the molecule is COc1ccc(NC(=O)c2c(N)n(CCc3ccccc3)c3nc4ccccc4nc23)cc1OC. The molecule has 0 atom stereocenters. The van der Waals surface area contributed by atoms with Crippen LogP contribution in [0.5, 0.6) is 11.5 Å². The van der Waals surface area contributed by atoms with Gasteiger partial charge in [-0.3, -0.25) is 4.79 Å². The van der Waals surface area contributed by atoms with Crippen molar-refractivity contribution in [2.75, 3.05) is 25.3 Å². The van der Waals surface area contributed by atoms with Crippen LogP contribution >= 0.6 is 0 Å². The molecule has 3 aromatic carbocycles. The van der Waals surface area contributed by atoms with Crippen molar-refractivity contribution in [3.63, 3.8) is 0 Å². The summed E-state index contributed by atoms with van der Waals surface area (Å²) in [5, 5.41) is 2.92. The maximum atomic E-state index is 13.5. The fourth-order valence-corrected chi connectivity index (χ4v) is 4.16. The van der Waals surface area contributed by atoms with Gasteiger partial charge in [0.15, 0.2) is 17.1 Å². The molecule has 2 heterocycles. The lowest BCUT2D eigenvalue weighted by atomic mass is 10.1. The van der Waals surface area contributed by atoms with Crippen LogP contribution in [0.1, 0.15) is 15.9 Å². The predicted octanol–water partition coefficient (Wildman–Crippen LogP) is 4.68. The van der Waals surface area contributed by atoms with Crippen molar-refractivity contribution in [3.05, 3.63) is 83.9 Å². The lowest BCUT2D eigenvalue weighted by Gasteiger charge is -2.11. The number of nitrogens with two attached hydrogens (primary N) is 1. The minimum Gasteiger partial charge on any atom is -0.493 e. The van der Waals surface area contributed by atoms with E-state index in [9.17, 15) is 4.79 Å². The number of nitrogens with one attached hydrogen (secondary N) is 1. The molecule has 0 fully saturated rings. The average Bonchev–Trinajstić information content (AvgIpc) is 3.16. The Balaban J connectivity index is 1.57. The Morgan fingerprint density at radius 2 is 1.60 bits per heavy atom. The van der Waals surface area contributed by atoms with Gasteiger partial charge in [-0.05, 0) is 36.2 Å². The number of amides is 1. The van der Waals surface area contributed by atoms with E-state index in [1.54, 1.807) is 32.4 Å². The van der Waals surface area contributed by atoms with Gasteiger partial charge in [0.2, 0.25) is 0 Å². The zero-order valence-corrected chi connectivity index (χ0v) is 19.5. The van der Waals surface area contributed by atoms with Crippen LogP contribution in [0.3, 0.4) is 0 Å². The zero-order chi connectivity index (χ0) is 24.4. The van der Waals surface area contributed by atoms with Crippen LogP contribution in [0.4, 0.5) is 11.5 Å². The van der Waals surface area contributed by atoms with Crippen LogP contribution in [0.25, 0.3) is 22.2 Å². The summed E-state index contributed by atoms with van der Waals surface area (Å²) >= 11 is 0. The number of aromatic nitrogens is 3. The molecule has 0 aliphatic heterocycles. The number of rotatable bonds is 7. The first kappa shape index (κ1) is 22.2. The summed E-state index contributed by atoms with van der Waals surface area (Å²) in [6.07, 6.45) is 0.736. The van der Waals surface area contributed by atoms with Crippen molar-refractivity contribution >= 4 is 39.6 Å². The summed E-state index contributed by atoms with van der Waals surface area (Å²) in [6, 6.07) is 22.9. The summed E-state index contributed by atoms with van der Waals surface area (Å²) in [4.78, 5) is 23.1. The van der Waals surface area contributed by atoms with Gasteiger partial charge in [0.25, 0.3) is 5.91 Å². The molecule has 0 aliphatic carbocycles. The van der Waals surface area contributed by atoms with Crippen molar-refractivity contribution in [3.8, 4) is 11.5 Å². The highest BCUT2D eigenvalue weighted by Crippen LogP contribution is 2.32. The van der Waals surface area contributed by atoms with Crippen LogP contribution in [-0.2, 0) is 13.0 Å². The topological polar surface area (TPSA) is 104 Å². The zero-order valence-electron chi connectivity index (χ0n) is 19.5. The number of carbonyl (C=O) groups excluding carboxylic acids is 1. The van der Waals surface area contributed by atoms with E-state index in [0.29, 0.717) is 51.8 Å². The first-order valence-electron chi connectivity index (χ1n) is 11.2. The van der Waals surface area contributed by atoms with Gasteiger partial charge in [0.1, 0.15) is 16.9 Å². The smallest absolute Gasteiger partial charge is 0.261 e. The second kappa shape index (κ2) is 9.34. The molecular weight excluding hydrogens is 442 g/mol. The van der Waals surface area contributed by atoms with Gasteiger partial charge < -0.3 is 25.1 Å². The Kier molecular flexibility index (Phi) is 5.93. The predicted molar refractivity (Wildman–Crippen MR) is 137 cm³/mol. The molecule has 0 aliphatic rings. The van der Waals surface area contributed by atoms with Crippen LogP contribution < -0.4 is 20.5 Å². The van der Waals surface area contributed by atoms with Crippen molar-refractivity contribution in [2.45, 2.75) is 13.0 Å². The minimum atomic E-state index is -0.372. The second-order valence-corrected chi connectivity index (χ2v) is 8.06. The fraction of sp³-hybridized carbons (Fsp3) is 0.148. The molecule has 0 unspecified atom stereocenters. The Hall–Kier alpha value is -4.59. The van der Waals surface area contributed by atoms with E-state index in [4.69, 9.17) is 25.2 Å². The highest BCUT2D eigenvalue weighted by molar-refractivity contribution is 6.16.